The Kier molecular flexibility index (Phi) is 4.03. The predicted molar refractivity (Wildman–Crippen MR) is 73.7 cm³/mol. The molecule has 2 N–H and O–H groups in total. The van der Waals surface area contributed by atoms with Crippen LogP contribution in [0.5, 0.6) is 11.5 Å². The van der Waals surface area contributed by atoms with Crippen LogP contribution in [0.2, 0.25) is 0 Å². The lowest BCUT2D eigenvalue weighted by atomic mass is 10.2. The number of amides is 1. The number of para-hydroxylation sites is 1. The van der Waals surface area contributed by atoms with E-state index in [2.05, 4.69) is 5.32 Å². The molecule has 0 bridgehead atoms. The van der Waals surface area contributed by atoms with E-state index in [0.717, 1.165) is 0 Å². The number of carbonyl (C=O) groups is 1. The van der Waals surface area contributed by atoms with Gasteiger partial charge in [0.1, 0.15) is 11.5 Å². The van der Waals surface area contributed by atoms with Gasteiger partial charge in [-0.2, -0.15) is 0 Å². The fourth-order valence-corrected chi connectivity index (χ4v) is 1.68. The molecule has 0 aliphatic rings. The number of benzene rings is 2. The van der Waals surface area contributed by atoms with Gasteiger partial charge in [0.25, 0.3) is 5.91 Å². The molecule has 0 aliphatic heterocycles. The van der Waals surface area contributed by atoms with Crippen LogP contribution >= 0.6 is 0 Å². The van der Waals surface area contributed by atoms with Crippen molar-refractivity contribution in [2.45, 2.75) is 6.92 Å². The molecule has 2 aromatic rings. The van der Waals surface area contributed by atoms with Gasteiger partial charge in [0.05, 0.1) is 12.2 Å². The Balaban J connectivity index is 2.18. The summed E-state index contributed by atoms with van der Waals surface area (Å²) in [5, 5.41) is 11.9. The molecule has 0 aromatic heterocycles. The predicted octanol–water partition coefficient (Wildman–Crippen LogP) is 3.04. The van der Waals surface area contributed by atoms with Crippen LogP contribution in [0.4, 0.5) is 5.69 Å². The fraction of sp³-hybridized carbons (Fsp3) is 0.133. The zero-order valence-electron chi connectivity index (χ0n) is 10.6. The standard InChI is InChI=1S/C15H15NO3/c1-2-19-14-6-4-3-5-13(14)15(18)16-11-7-9-12(17)10-8-11/h3-10,17H,2H2,1H3,(H,16,18). The summed E-state index contributed by atoms with van der Waals surface area (Å²) in [7, 11) is 0. The molecule has 0 aliphatic carbocycles. The Morgan fingerprint density at radius 3 is 2.53 bits per heavy atom. The van der Waals surface area contributed by atoms with Crippen molar-refractivity contribution in [1.82, 2.24) is 0 Å². The highest BCUT2D eigenvalue weighted by atomic mass is 16.5. The molecule has 0 unspecified atom stereocenters. The van der Waals surface area contributed by atoms with E-state index in [-0.39, 0.29) is 11.7 Å². The van der Waals surface area contributed by atoms with Crippen molar-refractivity contribution in [3.05, 3.63) is 54.1 Å². The lowest BCUT2D eigenvalue weighted by Crippen LogP contribution is -2.13. The number of phenolic OH excluding ortho intramolecular Hbond substituents is 1. The van der Waals surface area contributed by atoms with E-state index in [4.69, 9.17) is 4.74 Å². The summed E-state index contributed by atoms with van der Waals surface area (Å²) in [4.78, 5) is 12.1. The lowest BCUT2D eigenvalue weighted by molar-refractivity contribution is 0.102. The van der Waals surface area contributed by atoms with E-state index < -0.39 is 0 Å². The van der Waals surface area contributed by atoms with Gasteiger partial charge in [-0.1, -0.05) is 12.1 Å². The van der Waals surface area contributed by atoms with Crippen molar-refractivity contribution in [3.8, 4) is 11.5 Å². The minimum Gasteiger partial charge on any atom is -0.508 e. The number of aromatic hydroxyl groups is 1. The van der Waals surface area contributed by atoms with E-state index in [9.17, 15) is 9.90 Å². The van der Waals surface area contributed by atoms with Crippen LogP contribution in [0.1, 0.15) is 17.3 Å². The minimum absolute atomic E-state index is 0.160. The molecule has 4 nitrogen and oxygen atoms in total. The normalized spacial score (nSPS) is 9.95. The van der Waals surface area contributed by atoms with Crippen LogP contribution in [0.15, 0.2) is 48.5 Å². The van der Waals surface area contributed by atoms with Crippen molar-refractivity contribution in [2.24, 2.45) is 0 Å². The topological polar surface area (TPSA) is 58.6 Å². The molecule has 1 amide bonds. The summed E-state index contributed by atoms with van der Waals surface area (Å²) in [6, 6.07) is 13.4. The number of rotatable bonds is 4. The maximum Gasteiger partial charge on any atom is 0.259 e. The second-order valence-corrected chi connectivity index (χ2v) is 3.93. The number of nitrogens with one attached hydrogen (secondary N) is 1. The number of phenols is 1. The summed E-state index contributed by atoms with van der Waals surface area (Å²) in [5.41, 5.74) is 1.10. The van der Waals surface area contributed by atoms with Gasteiger partial charge in [-0.25, -0.2) is 0 Å². The van der Waals surface area contributed by atoms with Gasteiger partial charge < -0.3 is 15.2 Å². The Morgan fingerprint density at radius 1 is 1.16 bits per heavy atom. The molecule has 0 saturated heterocycles. The zero-order valence-corrected chi connectivity index (χ0v) is 10.6. The number of hydrogen-bond acceptors (Lipinski definition) is 3. The number of carbonyl (C=O) groups excluding carboxylic acids is 1. The third kappa shape index (κ3) is 3.25. The third-order valence-electron chi connectivity index (χ3n) is 2.56. The quantitative estimate of drug-likeness (QED) is 0.828. The summed E-state index contributed by atoms with van der Waals surface area (Å²) in [6.45, 7) is 2.37. The highest BCUT2D eigenvalue weighted by Gasteiger charge is 2.11. The molecule has 0 saturated carbocycles. The average Bonchev–Trinajstić information content (AvgIpc) is 2.42. The van der Waals surface area contributed by atoms with Gasteiger partial charge in [-0.15, -0.1) is 0 Å². The first kappa shape index (κ1) is 13.0. The molecule has 0 radical (unpaired) electrons. The molecular formula is C15H15NO3. The average molecular weight is 257 g/mol. The lowest BCUT2D eigenvalue weighted by Gasteiger charge is -2.10. The fourth-order valence-electron chi connectivity index (χ4n) is 1.68. The summed E-state index contributed by atoms with van der Waals surface area (Å²) in [5.74, 6) is 0.476. The largest absolute Gasteiger partial charge is 0.508 e. The van der Waals surface area contributed by atoms with Gasteiger partial charge in [-0.3, -0.25) is 4.79 Å². The Bertz CT molecular complexity index is 564. The molecular weight excluding hydrogens is 242 g/mol. The molecule has 0 spiro atoms. The van der Waals surface area contributed by atoms with E-state index in [1.807, 2.05) is 13.0 Å². The highest BCUT2D eigenvalue weighted by Crippen LogP contribution is 2.20. The van der Waals surface area contributed by atoms with Crippen molar-refractivity contribution in [1.29, 1.82) is 0 Å². The van der Waals surface area contributed by atoms with E-state index in [1.54, 1.807) is 30.3 Å². The molecule has 98 valence electrons. The van der Waals surface area contributed by atoms with E-state index >= 15 is 0 Å². The molecule has 0 heterocycles. The molecule has 0 fully saturated rings. The molecule has 0 atom stereocenters. The molecule has 2 aromatic carbocycles. The SMILES string of the molecule is CCOc1ccccc1C(=O)Nc1ccc(O)cc1. The van der Waals surface area contributed by atoms with Crippen LogP contribution in [0.25, 0.3) is 0 Å². The maximum absolute atomic E-state index is 12.1. The summed E-state index contributed by atoms with van der Waals surface area (Å²) >= 11 is 0. The van der Waals surface area contributed by atoms with Crippen molar-refractivity contribution >= 4 is 11.6 Å². The molecule has 19 heavy (non-hydrogen) atoms. The first-order chi connectivity index (χ1) is 9.20. The third-order valence-corrected chi connectivity index (χ3v) is 2.56. The zero-order chi connectivity index (χ0) is 13.7. The second-order valence-electron chi connectivity index (χ2n) is 3.93. The van der Waals surface area contributed by atoms with Crippen LogP contribution in [-0.2, 0) is 0 Å². The summed E-state index contributed by atoms with van der Waals surface area (Å²) < 4.78 is 5.41. The molecule has 4 heteroatoms. The van der Waals surface area contributed by atoms with Gasteiger partial charge in [-0.05, 0) is 43.3 Å². The first-order valence-electron chi connectivity index (χ1n) is 6.03. The van der Waals surface area contributed by atoms with E-state index in [0.29, 0.717) is 23.6 Å². The van der Waals surface area contributed by atoms with Gasteiger partial charge in [0.15, 0.2) is 0 Å². The Labute approximate surface area is 111 Å². The van der Waals surface area contributed by atoms with Gasteiger partial charge >= 0.3 is 0 Å². The maximum atomic E-state index is 12.1. The van der Waals surface area contributed by atoms with Gasteiger partial charge in [0.2, 0.25) is 0 Å². The van der Waals surface area contributed by atoms with Crippen molar-refractivity contribution < 1.29 is 14.6 Å². The molecule has 2 rings (SSSR count). The second kappa shape index (κ2) is 5.91. The van der Waals surface area contributed by atoms with Crippen molar-refractivity contribution in [2.75, 3.05) is 11.9 Å². The highest BCUT2D eigenvalue weighted by molar-refractivity contribution is 6.06. The van der Waals surface area contributed by atoms with Crippen LogP contribution in [0, 0.1) is 0 Å². The van der Waals surface area contributed by atoms with Crippen LogP contribution < -0.4 is 10.1 Å². The monoisotopic (exact) mass is 257 g/mol. The van der Waals surface area contributed by atoms with Crippen LogP contribution in [0.3, 0.4) is 0 Å². The number of anilines is 1. The first-order valence-corrected chi connectivity index (χ1v) is 6.03. The smallest absolute Gasteiger partial charge is 0.259 e. The Hall–Kier alpha value is -2.49. The number of ether oxygens (including phenoxy) is 1. The Morgan fingerprint density at radius 2 is 1.84 bits per heavy atom. The summed E-state index contributed by atoms with van der Waals surface area (Å²) in [6.07, 6.45) is 0. The van der Waals surface area contributed by atoms with Gasteiger partial charge in [0, 0.05) is 5.69 Å². The van der Waals surface area contributed by atoms with E-state index in [1.165, 1.54) is 12.1 Å². The van der Waals surface area contributed by atoms with Crippen molar-refractivity contribution in [3.63, 3.8) is 0 Å². The minimum atomic E-state index is -0.241. The number of hydrogen-bond donors (Lipinski definition) is 2. The van der Waals surface area contributed by atoms with Crippen LogP contribution in [-0.4, -0.2) is 17.6 Å².